The van der Waals surface area contributed by atoms with Crippen LogP contribution in [-0.4, -0.2) is 34.3 Å². The maximum atomic E-state index is 12.2. The highest BCUT2D eigenvalue weighted by molar-refractivity contribution is 9.10. The molecule has 0 bridgehead atoms. The van der Waals surface area contributed by atoms with Gasteiger partial charge in [0, 0.05) is 17.1 Å². The molecule has 1 fully saturated rings. The molecule has 1 heterocycles. The minimum absolute atomic E-state index is 0.0356. The molecule has 0 spiro atoms. The van der Waals surface area contributed by atoms with Crippen LogP contribution in [0.2, 0.25) is 0 Å². The van der Waals surface area contributed by atoms with Crippen molar-refractivity contribution in [3.63, 3.8) is 0 Å². The molecule has 1 amide bonds. The van der Waals surface area contributed by atoms with Crippen LogP contribution in [0.3, 0.4) is 0 Å². The van der Waals surface area contributed by atoms with Crippen LogP contribution in [0.25, 0.3) is 0 Å². The molecule has 4 nitrogen and oxygen atoms in total. The second-order valence-electron chi connectivity index (χ2n) is 6.77. The predicted molar refractivity (Wildman–Crippen MR) is 89.7 cm³/mol. The summed E-state index contributed by atoms with van der Waals surface area (Å²) < 4.78 is 6.44. The molecule has 1 aromatic rings. The van der Waals surface area contributed by atoms with E-state index in [9.17, 15) is 9.90 Å². The first-order valence-electron chi connectivity index (χ1n) is 7.69. The average Bonchev–Trinajstić information content (AvgIpc) is 2.85. The zero-order chi connectivity index (χ0) is 16.3. The highest BCUT2D eigenvalue weighted by Crippen LogP contribution is 2.29. The Morgan fingerprint density at radius 2 is 2.05 bits per heavy atom. The monoisotopic (exact) mass is 369 g/mol. The zero-order valence-electron chi connectivity index (χ0n) is 13.4. The summed E-state index contributed by atoms with van der Waals surface area (Å²) in [4.78, 5) is 14.0. The van der Waals surface area contributed by atoms with Crippen LogP contribution in [0, 0.1) is 0 Å². The van der Waals surface area contributed by atoms with Crippen LogP contribution in [0.5, 0.6) is 0 Å². The van der Waals surface area contributed by atoms with Crippen molar-refractivity contribution in [2.24, 2.45) is 0 Å². The van der Waals surface area contributed by atoms with Crippen molar-refractivity contribution < 1.29 is 14.6 Å². The van der Waals surface area contributed by atoms with Crippen molar-refractivity contribution in [1.82, 2.24) is 4.90 Å². The standard InChI is InChI=1S/C17H24BrNO3/c1-17(2,3)22-16(21)19-10-4-5-14(19)11-15(20)12-6-8-13(18)9-7-12/h6-9,14-15,20H,4-5,10-11H2,1-3H3. The Morgan fingerprint density at radius 3 is 2.64 bits per heavy atom. The van der Waals surface area contributed by atoms with Crippen molar-refractivity contribution in [2.75, 3.05) is 6.54 Å². The third-order valence-corrected chi connectivity index (χ3v) is 4.28. The number of aliphatic hydroxyl groups is 1. The average molecular weight is 370 g/mol. The second kappa shape index (κ2) is 7.01. The van der Waals surface area contributed by atoms with E-state index in [1.54, 1.807) is 4.90 Å². The Kier molecular flexibility index (Phi) is 5.50. The van der Waals surface area contributed by atoms with Crippen LogP contribution in [0.1, 0.15) is 51.7 Å². The van der Waals surface area contributed by atoms with Crippen LogP contribution >= 0.6 is 15.9 Å². The van der Waals surface area contributed by atoms with Crippen molar-refractivity contribution in [3.8, 4) is 0 Å². The molecule has 122 valence electrons. The summed E-state index contributed by atoms with van der Waals surface area (Å²) in [6.07, 6.45) is 1.56. The van der Waals surface area contributed by atoms with E-state index in [1.165, 1.54) is 0 Å². The van der Waals surface area contributed by atoms with Crippen molar-refractivity contribution in [1.29, 1.82) is 0 Å². The van der Waals surface area contributed by atoms with Crippen LogP contribution in [-0.2, 0) is 4.74 Å². The third kappa shape index (κ3) is 4.71. The first kappa shape index (κ1) is 17.3. The van der Waals surface area contributed by atoms with Gasteiger partial charge >= 0.3 is 6.09 Å². The summed E-state index contributed by atoms with van der Waals surface area (Å²) in [5, 5.41) is 10.4. The fourth-order valence-electron chi connectivity index (χ4n) is 2.72. The van der Waals surface area contributed by atoms with E-state index in [4.69, 9.17) is 4.74 Å². The van der Waals surface area contributed by atoms with Gasteiger partial charge in [0.05, 0.1) is 6.10 Å². The molecule has 2 unspecified atom stereocenters. The number of ether oxygens (including phenoxy) is 1. The van der Waals surface area contributed by atoms with E-state index in [0.717, 1.165) is 22.9 Å². The molecule has 2 atom stereocenters. The molecule has 1 aliphatic rings. The summed E-state index contributed by atoms with van der Waals surface area (Å²) in [6.45, 7) is 6.30. The minimum Gasteiger partial charge on any atom is -0.444 e. The lowest BCUT2D eigenvalue weighted by molar-refractivity contribution is 0.0178. The fraction of sp³-hybridized carbons (Fsp3) is 0.588. The smallest absolute Gasteiger partial charge is 0.410 e. The van der Waals surface area contributed by atoms with Gasteiger partial charge in [0.25, 0.3) is 0 Å². The van der Waals surface area contributed by atoms with Crippen molar-refractivity contribution in [2.45, 2.75) is 57.8 Å². The van der Waals surface area contributed by atoms with Crippen molar-refractivity contribution >= 4 is 22.0 Å². The summed E-state index contributed by atoms with van der Waals surface area (Å²) in [5.74, 6) is 0. The first-order valence-corrected chi connectivity index (χ1v) is 8.49. The molecule has 1 N–H and O–H groups in total. The summed E-state index contributed by atoms with van der Waals surface area (Å²) in [7, 11) is 0. The number of hydrogen-bond acceptors (Lipinski definition) is 3. The highest BCUT2D eigenvalue weighted by atomic mass is 79.9. The minimum atomic E-state index is -0.568. The van der Waals surface area contributed by atoms with Gasteiger partial charge < -0.3 is 14.7 Å². The summed E-state index contributed by atoms with van der Waals surface area (Å²) >= 11 is 3.39. The van der Waals surface area contributed by atoms with E-state index >= 15 is 0 Å². The number of carbonyl (C=O) groups excluding carboxylic acids is 1. The number of benzene rings is 1. The molecule has 0 radical (unpaired) electrons. The number of aliphatic hydroxyl groups excluding tert-OH is 1. The predicted octanol–water partition coefficient (Wildman–Crippen LogP) is 4.27. The molecule has 1 aromatic carbocycles. The summed E-state index contributed by atoms with van der Waals surface area (Å²) in [6, 6.07) is 7.68. The number of carbonyl (C=O) groups is 1. The van der Waals surface area contributed by atoms with E-state index < -0.39 is 11.7 Å². The number of likely N-dealkylation sites (tertiary alicyclic amines) is 1. The number of hydrogen-bond donors (Lipinski definition) is 1. The molecular formula is C17H24BrNO3. The number of rotatable bonds is 3. The van der Waals surface area contributed by atoms with Crippen LogP contribution in [0.15, 0.2) is 28.7 Å². The van der Waals surface area contributed by atoms with E-state index in [1.807, 2.05) is 45.0 Å². The lowest BCUT2D eigenvalue weighted by Crippen LogP contribution is -2.40. The number of amides is 1. The number of halogens is 1. The summed E-state index contributed by atoms with van der Waals surface area (Å²) in [5.41, 5.74) is 0.383. The Hall–Kier alpha value is -1.07. The van der Waals surface area contributed by atoms with E-state index in [0.29, 0.717) is 13.0 Å². The van der Waals surface area contributed by atoms with Gasteiger partial charge in [-0.1, -0.05) is 28.1 Å². The topological polar surface area (TPSA) is 49.8 Å². The van der Waals surface area contributed by atoms with Gasteiger partial charge in [-0.3, -0.25) is 0 Å². The third-order valence-electron chi connectivity index (χ3n) is 3.76. The Bertz CT molecular complexity index is 510. The molecule has 0 aliphatic carbocycles. The Balaban J connectivity index is 1.98. The molecule has 1 aliphatic heterocycles. The fourth-order valence-corrected chi connectivity index (χ4v) is 2.98. The van der Waals surface area contributed by atoms with E-state index in [2.05, 4.69) is 15.9 Å². The van der Waals surface area contributed by atoms with Gasteiger partial charge in [-0.2, -0.15) is 0 Å². The van der Waals surface area contributed by atoms with Gasteiger partial charge in [-0.05, 0) is 57.7 Å². The molecule has 1 saturated heterocycles. The highest BCUT2D eigenvalue weighted by Gasteiger charge is 2.33. The van der Waals surface area contributed by atoms with Crippen molar-refractivity contribution in [3.05, 3.63) is 34.3 Å². The van der Waals surface area contributed by atoms with E-state index in [-0.39, 0.29) is 12.1 Å². The second-order valence-corrected chi connectivity index (χ2v) is 7.69. The first-order chi connectivity index (χ1) is 10.3. The lowest BCUT2D eigenvalue weighted by Gasteiger charge is -2.29. The van der Waals surface area contributed by atoms with Gasteiger partial charge in [-0.15, -0.1) is 0 Å². The normalized spacial score (nSPS) is 20.0. The quantitative estimate of drug-likeness (QED) is 0.865. The Morgan fingerprint density at radius 1 is 1.41 bits per heavy atom. The number of nitrogens with zero attached hydrogens (tertiary/aromatic N) is 1. The lowest BCUT2D eigenvalue weighted by atomic mass is 10.0. The maximum absolute atomic E-state index is 12.2. The van der Waals surface area contributed by atoms with Crippen LogP contribution < -0.4 is 0 Å². The van der Waals surface area contributed by atoms with Gasteiger partial charge in [0.1, 0.15) is 5.60 Å². The molecule has 2 rings (SSSR count). The Labute approximate surface area is 140 Å². The van der Waals surface area contributed by atoms with Gasteiger partial charge in [-0.25, -0.2) is 4.79 Å². The maximum Gasteiger partial charge on any atom is 0.410 e. The van der Waals surface area contributed by atoms with Gasteiger partial charge in [0.2, 0.25) is 0 Å². The molecule has 22 heavy (non-hydrogen) atoms. The molecular weight excluding hydrogens is 346 g/mol. The largest absolute Gasteiger partial charge is 0.444 e. The molecule has 0 saturated carbocycles. The molecule has 5 heteroatoms. The SMILES string of the molecule is CC(C)(C)OC(=O)N1CCCC1CC(O)c1ccc(Br)cc1. The van der Waals surface area contributed by atoms with Crippen LogP contribution in [0.4, 0.5) is 4.79 Å². The van der Waals surface area contributed by atoms with Gasteiger partial charge in [0.15, 0.2) is 0 Å². The molecule has 0 aromatic heterocycles. The zero-order valence-corrected chi connectivity index (χ0v) is 15.0.